The molecule has 156 valence electrons. The van der Waals surface area contributed by atoms with E-state index in [1.54, 1.807) is 13.2 Å². The van der Waals surface area contributed by atoms with Gasteiger partial charge in [0, 0.05) is 22.8 Å². The molecular formula is C24H18N6O2. The van der Waals surface area contributed by atoms with Crippen molar-refractivity contribution in [2.75, 3.05) is 7.11 Å². The van der Waals surface area contributed by atoms with Crippen molar-refractivity contribution in [1.82, 2.24) is 30.1 Å². The maximum atomic E-state index is 5.55. The van der Waals surface area contributed by atoms with Gasteiger partial charge in [0.25, 0.3) is 0 Å². The molecular weight excluding hydrogens is 404 g/mol. The third-order valence-electron chi connectivity index (χ3n) is 5.71. The van der Waals surface area contributed by atoms with Gasteiger partial charge in [0.05, 0.1) is 24.9 Å². The fourth-order valence-corrected chi connectivity index (χ4v) is 4.10. The van der Waals surface area contributed by atoms with Crippen LogP contribution in [0.3, 0.4) is 0 Å². The van der Waals surface area contributed by atoms with Crippen LogP contribution in [0.15, 0.2) is 65.2 Å². The van der Waals surface area contributed by atoms with Gasteiger partial charge in [-0.1, -0.05) is 47.6 Å². The monoisotopic (exact) mass is 422 g/mol. The van der Waals surface area contributed by atoms with E-state index in [4.69, 9.17) is 9.26 Å². The van der Waals surface area contributed by atoms with Crippen LogP contribution in [0.2, 0.25) is 0 Å². The molecule has 0 N–H and O–H groups in total. The number of hydrogen-bond donors (Lipinski definition) is 0. The van der Waals surface area contributed by atoms with Crippen LogP contribution in [0.4, 0.5) is 0 Å². The van der Waals surface area contributed by atoms with Crippen LogP contribution in [0.5, 0.6) is 5.88 Å². The molecule has 8 nitrogen and oxygen atoms in total. The van der Waals surface area contributed by atoms with Gasteiger partial charge in [0.15, 0.2) is 11.6 Å². The first-order chi connectivity index (χ1) is 15.7. The van der Waals surface area contributed by atoms with Crippen molar-refractivity contribution in [1.29, 1.82) is 0 Å². The lowest BCUT2D eigenvalue weighted by Gasteiger charge is -2.05. The van der Waals surface area contributed by atoms with Crippen molar-refractivity contribution in [2.24, 2.45) is 0 Å². The minimum Gasteiger partial charge on any atom is -0.480 e. The number of rotatable bonds is 4. The lowest BCUT2D eigenvalue weighted by atomic mass is 10.0. The fourth-order valence-electron chi connectivity index (χ4n) is 4.10. The van der Waals surface area contributed by atoms with E-state index in [9.17, 15) is 0 Å². The van der Waals surface area contributed by atoms with Gasteiger partial charge in [0.2, 0.25) is 5.88 Å². The average molecular weight is 422 g/mol. The van der Waals surface area contributed by atoms with Crippen LogP contribution in [-0.4, -0.2) is 37.2 Å². The lowest BCUT2D eigenvalue weighted by Crippen LogP contribution is -1.98. The maximum absolute atomic E-state index is 5.55. The second-order valence-corrected chi connectivity index (χ2v) is 7.59. The molecule has 1 aliphatic rings. The van der Waals surface area contributed by atoms with Crippen LogP contribution in [0, 0.1) is 6.92 Å². The van der Waals surface area contributed by atoms with E-state index in [0.29, 0.717) is 18.2 Å². The molecule has 4 heterocycles. The molecule has 0 atom stereocenters. The molecule has 0 spiro atoms. The first-order valence-corrected chi connectivity index (χ1v) is 10.2. The summed E-state index contributed by atoms with van der Waals surface area (Å²) in [5.74, 6) is 2.76. The standard InChI is InChI=1S/C24H18N6O2/c1-14-21(22(29-32-14)15-6-4-3-5-7-15)24-28-27-23-18-12-16(8-9-17(18)13-30(23)24)19-10-11-20(31-2)26-25-19/h3-12H,13H2,1-2H3. The Balaban J connectivity index is 1.43. The largest absolute Gasteiger partial charge is 0.480 e. The van der Waals surface area contributed by atoms with Crippen molar-refractivity contribution in [3.63, 3.8) is 0 Å². The number of aryl methyl sites for hydroxylation is 1. The zero-order valence-electron chi connectivity index (χ0n) is 17.5. The van der Waals surface area contributed by atoms with E-state index in [0.717, 1.165) is 45.3 Å². The highest BCUT2D eigenvalue weighted by molar-refractivity contribution is 5.81. The molecule has 5 aromatic rings. The Bertz CT molecular complexity index is 1440. The van der Waals surface area contributed by atoms with Gasteiger partial charge >= 0.3 is 0 Å². The first-order valence-electron chi connectivity index (χ1n) is 10.2. The second kappa shape index (κ2) is 7.12. The van der Waals surface area contributed by atoms with Crippen LogP contribution < -0.4 is 4.74 Å². The SMILES string of the molecule is COc1ccc(-c2ccc3c(c2)-c2nnc(-c4c(-c5ccccc5)noc4C)n2C3)nn1. The van der Waals surface area contributed by atoms with Crippen LogP contribution in [0.25, 0.3) is 45.3 Å². The number of nitrogens with zero attached hydrogens (tertiary/aromatic N) is 6. The Labute approximate surface area is 183 Å². The summed E-state index contributed by atoms with van der Waals surface area (Å²) < 4.78 is 12.8. The molecule has 32 heavy (non-hydrogen) atoms. The van der Waals surface area contributed by atoms with Gasteiger partial charge in [0.1, 0.15) is 11.5 Å². The molecule has 0 saturated heterocycles. The molecule has 0 saturated carbocycles. The summed E-state index contributed by atoms with van der Waals surface area (Å²) in [5.41, 5.74) is 6.56. The van der Waals surface area contributed by atoms with Crippen molar-refractivity contribution in [3.05, 3.63) is 72.0 Å². The Morgan fingerprint density at radius 3 is 2.50 bits per heavy atom. The van der Waals surface area contributed by atoms with E-state index in [2.05, 4.69) is 48.3 Å². The highest BCUT2D eigenvalue weighted by Gasteiger charge is 2.29. The van der Waals surface area contributed by atoms with E-state index in [1.165, 1.54) is 5.56 Å². The molecule has 0 fully saturated rings. The minimum atomic E-state index is 0.484. The number of fused-ring (bicyclic) bond motifs is 3. The van der Waals surface area contributed by atoms with Gasteiger partial charge in [-0.15, -0.1) is 20.4 Å². The fraction of sp³-hybridized carbons (Fsp3) is 0.125. The summed E-state index contributed by atoms with van der Waals surface area (Å²) in [4.78, 5) is 0. The third-order valence-corrected chi connectivity index (χ3v) is 5.71. The van der Waals surface area contributed by atoms with Gasteiger partial charge in [-0.05, 0) is 24.6 Å². The summed E-state index contributed by atoms with van der Waals surface area (Å²) in [7, 11) is 1.57. The predicted octanol–water partition coefficient (Wildman–Crippen LogP) is 4.40. The number of methoxy groups -OCH3 is 1. The zero-order chi connectivity index (χ0) is 21.7. The van der Waals surface area contributed by atoms with Crippen molar-refractivity contribution in [2.45, 2.75) is 13.5 Å². The topological polar surface area (TPSA) is 91.8 Å². The quantitative estimate of drug-likeness (QED) is 0.416. The number of hydrogen-bond acceptors (Lipinski definition) is 7. The Kier molecular flexibility index (Phi) is 4.10. The number of aromatic nitrogens is 6. The Hall–Kier alpha value is -4.33. The molecule has 0 aliphatic carbocycles. The number of ether oxygens (including phenoxy) is 1. The van der Waals surface area contributed by atoms with E-state index < -0.39 is 0 Å². The summed E-state index contributed by atoms with van der Waals surface area (Å²) in [5, 5.41) is 21.7. The van der Waals surface area contributed by atoms with Gasteiger partial charge in [-0.2, -0.15) is 0 Å². The van der Waals surface area contributed by atoms with Crippen molar-refractivity contribution in [3.8, 4) is 51.2 Å². The zero-order valence-corrected chi connectivity index (χ0v) is 17.5. The maximum Gasteiger partial charge on any atom is 0.233 e. The third kappa shape index (κ3) is 2.80. The van der Waals surface area contributed by atoms with Gasteiger partial charge in [-0.25, -0.2) is 0 Å². The van der Waals surface area contributed by atoms with E-state index in [-0.39, 0.29) is 0 Å². The molecule has 3 aromatic heterocycles. The lowest BCUT2D eigenvalue weighted by molar-refractivity contribution is 0.392. The Morgan fingerprint density at radius 2 is 1.72 bits per heavy atom. The van der Waals surface area contributed by atoms with Crippen molar-refractivity contribution >= 4 is 0 Å². The molecule has 0 unspecified atom stereocenters. The molecule has 0 bridgehead atoms. The molecule has 6 rings (SSSR count). The molecule has 1 aliphatic heterocycles. The summed E-state index contributed by atoms with van der Waals surface area (Å²) in [6.07, 6.45) is 0. The van der Waals surface area contributed by atoms with Crippen LogP contribution >= 0.6 is 0 Å². The molecule has 0 radical (unpaired) electrons. The summed E-state index contributed by atoms with van der Waals surface area (Å²) >= 11 is 0. The Morgan fingerprint density at radius 1 is 0.875 bits per heavy atom. The second-order valence-electron chi connectivity index (χ2n) is 7.59. The molecule has 0 amide bonds. The number of benzene rings is 2. The van der Waals surface area contributed by atoms with Crippen LogP contribution in [-0.2, 0) is 6.54 Å². The highest BCUT2D eigenvalue weighted by Crippen LogP contribution is 2.40. The molecule has 2 aromatic carbocycles. The first kappa shape index (κ1) is 18.4. The smallest absolute Gasteiger partial charge is 0.233 e. The van der Waals surface area contributed by atoms with Gasteiger partial charge in [-0.3, -0.25) is 0 Å². The normalized spacial score (nSPS) is 11.9. The summed E-state index contributed by atoms with van der Waals surface area (Å²) in [6, 6.07) is 19.9. The molecule has 8 heteroatoms. The average Bonchev–Trinajstić information content (AvgIpc) is 3.52. The predicted molar refractivity (Wildman–Crippen MR) is 118 cm³/mol. The van der Waals surface area contributed by atoms with E-state index >= 15 is 0 Å². The van der Waals surface area contributed by atoms with Crippen LogP contribution in [0.1, 0.15) is 11.3 Å². The van der Waals surface area contributed by atoms with E-state index in [1.807, 2.05) is 43.3 Å². The minimum absolute atomic E-state index is 0.484. The van der Waals surface area contributed by atoms with Crippen molar-refractivity contribution < 1.29 is 9.26 Å². The highest BCUT2D eigenvalue weighted by atomic mass is 16.5. The summed E-state index contributed by atoms with van der Waals surface area (Å²) in [6.45, 7) is 2.58. The van der Waals surface area contributed by atoms with Gasteiger partial charge < -0.3 is 13.8 Å².